The molecule has 0 amide bonds. The molecule has 0 fully saturated rings. The second-order valence-corrected chi connectivity index (χ2v) is 3.87. The Morgan fingerprint density at radius 1 is 1.29 bits per heavy atom. The predicted octanol–water partition coefficient (Wildman–Crippen LogP) is 3.60. The van der Waals surface area contributed by atoms with Crippen molar-refractivity contribution >= 4 is 5.97 Å². The van der Waals surface area contributed by atoms with Crippen LogP contribution in [0.15, 0.2) is 41.0 Å². The predicted molar refractivity (Wildman–Crippen MR) is 65.1 cm³/mol. The fraction of sp³-hybridized carbons (Fsp3) is 0.214. The summed E-state index contributed by atoms with van der Waals surface area (Å²) in [5.74, 6) is -0.375. The molecule has 0 radical (unpaired) electrons. The molecule has 1 aromatic carbocycles. The van der Waals surface area contributed by atoms with Crippen LogP contribution in [0.4, 0.5) is 0 Å². The Kier molecular flexibility index (Phi) is 3.28. The number of aromatic carboxylic acids is 1. The highest BCUT2D eigenvalue weighted by Crippen LogP contribution is 2.28. The van der Waals surface area contributed by atoms with Crippen LogP contribution in [0.25, 0.3) is 11.1 Å². The Bertz CT molecular complexity index is 512. The summed E-state index contributed by atoms with van der Waals surface area (Å²) in [6.45, 7) is 2.00. The molecule has 0 bridgehead atoms. The molecule has 3 heteroatoms. The van der Waals surface area contributed by atoms with E-state index in [1.54, 1.807) is 0 Å². The molecule has 2 aromatic rings. The van der Waals surface area contributed by atoms with Crippen LogP contribution in [0.3, 0.4) is 0 Å². The number of carbonyl (C=O) groups is 1. The van der Waals surface area contributed by atoms with Gasteiger partial charge < -0.3 is 9.52 Å². The number of aryl methyl sites for hydroxylation is 1. The molecule has 2 rings (SSSR count). The Morgan fingerprint density at radius 2 is 2.00 bits per heavy atom. The largest absolute Gasteiger partial charge is 0.478 e. The molecule has 88 valence electrons. The van der Waals surface area contributed by atoms with Gasteiger partial charge in [0, 0.05) is 12.0 Å². The number of carboxylic acids is 1. The van der Waals surface area contributed by atoms with Crippen molar-refractivity contribution in [3.63, 3.8) is 0 Å². The summed E-state index contributed by atoms with van der Waals surface area (Å²) in [6.07, 6.45) is 3.04. The van der Waals surface area contributed by atoms with Gasteiger partial charge in [0.2, 0.25) is 0 Å². The minimum atomic E-state index is -0.930. The summed E-state index contributed by atoms with van der Waals surface area (Å²) >= 11 is 0. The lowest BCUT2D eigenvalue weighted by atomic mass is 10.0. The molecule has 0 saturated carbocycles. The maximum absolute atomic E-state index is 11.3. The monoisotopic (exact) mass is 230 g/mol. The van der Waals surface area contributed by atoms with E-state index in [1.165, 1.54) is 6.26 Å². The molecule has 0 spiro atoms. The molecule has 0 aliphatic heterocycles. The zero-order chi connectivity index (χ0) is 12.3. The van der Waals surface area contributed by atoms with Crippen LogP contribution in [0.2, 0.25) is 0 Å². The SMILES string of the molecule is CCCc1occ(-c2ccccc2)c1C(=O)O. The van der Waals surface area contributed by atoms with Gasteiger partial charge in [0.05, 0.1) is 6.26 Å². The summed E-state index contributed by atoms with van der Waals surface area (Å²) in [6, 6.07) is 9.43. The highest BCUT2D eigenvalue weighted by Gasteiger charge is 2.20. The van der Waals surface area contributed by atoms with Gasteiger partial charge in [-0.2, -0.15) is 0 Å². The molecular formula is C14H14O3. The van der Waals surface area contributed by atoms with Gasteiger partial charge in [-0.25, -0.2) is 4.79 Å². The number of rotatable bonds is 4. The highest BCUT2D eigenvalue weighted by molar-refractivity contribution is 5.97. The molecular weight excluding hydrogens is 216 g/mol. The fourth-order valence-corrected chi connectivity index (χ4v) is 1.87. The smallest absolute Gasteiger partial charge is 0.339 e. The lowest BCUT2D eigenvalue weighted by Gasteiger charge is -2.00. The molecule has 1 heterocycles. The topological polar surface area (TPSA) is 50.4 Å². The van der Waals surface area contributed by atoms with Crippen molar-refractivity contribution in [3.8, 4) is 11.1 Å². The number of hydrogen-bond donors (Lipinski definition) is 1. The maximum atomic E-state index is 11.3. The van der Waals surface area contributed by atoms with Crippen molar-refractivity contribution in [3.05, 3.63) is 47.9 Å². The molecule has 0 saturated heterocycles. The van der Waals surface area contributed by atoms with Crippen LogP contribution in [0.5, 0.6) is 0 Å². The third kappa shape index (κ3) is 2.23. The van der Waals surface area contributed by atoms with Gasteiger partial charge in [0.25, 0.3) is 0 Å². The zero-order valence-electron chi connectivity index (χ0n) is 9.64. The Balaban J connectivity index is 2.52. The first-order chi connectivity index (χ1) is 8.24. The van der Waals surface area contributed by atoms with Crippen molar-refractivity contribution in [1.82, 2.24) is 0 Å². The second-order valence-electron chi connectivity index (χ2n) is 3.87. The second kappa shape index (κ2) is 4.87. The Morgan fingerprint density at radius 3 is 2.59 bits per heavy atom. The Labute approximate surface area is 99.7 Å². The van der Waals surface area contributed by atoms with Crippen molar-refractivity contribution < 1.29 is 14.3 Å². The molecule has 0 aliphatic carbocycles. The molecule has 17 heavy (non-hydrogen) atoms. The average molecular weight is 230 g/mol. The molecule has 3 nitrogen and oxygen atoms in total. The van der Waals surface area contributed by atoms with E-state index >= 15 is 0 Å². The van der Waals surface area contributed by atoms with Gasteiger partial charge in [-0.3, -0.25) is 0 Å². The average Bonchev–Trinajstić information content (AvgIpc) is 2.74. The van der Waals surface area contributed by atoms with E-state index in [2.05, 4.69) is 0 Å². The van der Waals surface area contributed by atoms with Crippen molar-refractivity contribution in [2.75, 3.05) is 0 Å². The quantitative estimate of drug-likeness (QED) is 0.873. The van der Waals surface area contributed by atoms with Crippen molar-refractivity contribution in [2.24, 2.45) is 0 Å². The van der Waals surface area contributed by atoms with Crippen LogP contribution in [0.1, 0.15) is 29.5 Å². The molecule has 0 aliphatic rings. The first kappa shape index (κ1) is 11.5. The number of hydrogen-bond acceptors (Lipinski definition) is 2. The van der Waals surface area contributed by atoms with E-state index in [0.717, 1.165) is 12.0 Å². The van der Waals surface area contributed by atoms with E-state index in [-0.39, 0.29) is 5.56 Å². The first-order valence-electron chi connectivity index (χ1n) is 5.63. The third-order valence-electron chi connectivity index (χ3n) is 2.64. The van der Waals surface area contributed by atoms with Gasteiger partial charge in [-0.15, -0.1) is 0 Å². The summed E-state index contributed by atoms with van der Waals surface area (Å²) in [4.78, 5) is 11.3. The van der Waals surface area contributed by atoms with Crippen molar-refractivity contribution in [2.45, 2.75) is 19.8 Å². The maximum Gasteiger partial charge on any atom is 0.339 e. The Hall–Kier alpha value is -2.03. The molecule has 1 N–H and O–H groups in total. The van der Waals surface area contributed by atoms with Gasteiger partial charge in [-0.05, 0) is 12.0 Å². The normalized spacial score (nSPS) is 10.4. The lowest BCUT2D eigenvalue weighted by Crippen LogP contribution is -2.01. The third-order valence-corrected chi connectivity index (χ3v) is 2.64. The van der Waals surface area contributed by atoms with E-state index in [4.69, 9.17) is 4.42 Å². The lowest BCUT2D eigenvalue weighted by molar-refractivity contribution is 0.0695. The van der Waals surface area contributed by atoms with Crippen molar-refractivity contribution in [1.29, 1.82) is 0 Å². The minimum Gasteiger partial charge on any atom is -0.478 e. The summed E-state index contributed by atoms with van der Waals surface area (Å²) < 4.78 is 5.37. The number of benzene rings is 1. The van der Waals surface area contributed by atoms with E-state index < -0.39 is 5.97 Å². The highest BCUT2D eigenvalue weighted by atomic mass is 16.4. The van der Waals surface area contributed by atoms with Gasteiger partial charge in [0.15, 0.2) is 0 Å². The first-order valence-corrected chi connectivity index (χ1v) is 5.63. The van der Waals surface area contributed by atoms with Crippen LogP contribution in [-0.4, -0.2) is 11.1 Å². The van der Waals surface area contributed by atoms with Gasteiger partial charge >= 0.3 is 5.97 Å². The molecule has 0 unspecified atom stereocenters. The number of furan rings is 1. The van der Waals surface area contributed by atoms with E-state index in [0.29, 0.717) is 17.7 Å². The van der Waals surface area contributed by atoms with Crippen LogP contribution in [0, 0.1) is 0 Å². The minimum absolute atomic E-state index is 0.290. The van der Waals surface area contributed by atoms with Crippen LogP contribution < -0.4 is 0 Å². The van der Waals surface area contributed by atoms with Gasteiger partial charge in [0.1, 0.15) is 11.3 Å². The van der Waals surface area contributed by atoms with E-state index in [1.807, 2.05) is 37.3 Å². The zero-order valence-corrected chi connectivity index (χ0v) is 9.64. The number of carboxylic acid groups (broad SMARTS) is 1. The summed E-state index contributed by atoms with van der Waals surface area (Å²) in [5, 5.41) is 9.26. The van der Waals surface area contributed by atoms with E-state index in [9.17, 15) is 9.90 Å². The van der Waals surface area contributed by atoms with Crippen LogP contribution >= 0.6 is 0 Å². The fourth-order valence-electron chi connectivity index (χ4n) is 1.87. The summed E-state index contributed by atoms with van der Waals surface area (Å²) in [5.41, 5.74) is 1.82. The van der Waals surface area contributed by atoms with Crippen LogP contribution in [-0.2, 0) is 6.42 Å². The van der Waals surface area contributed by atoms with Gasteiger partial charge in [-0.1, -0.05) is 37.3 Å². The standard InChI is InChI=1S/C14H14O3/c1-2-6-12-13(14(15)16)11(9-17-12)10-7-4-3-5-8-10/h3-5,7-9H,2,6H2,1H3,(H,15,16). The summed E-state index contributed by atoms with van der Waals surface area (Å²) in [7, 11) is 0. The molecule has 0 atom stereocenters. The molecule has 1 aromatic heterocycles.